The third-order valence-electron chi connectivity index (χ3n) is 4.77. The predicted octanol–water partition coefficient (Wildman–Crippen LogP) is 2.21. The van der Waals surface area contributed by atoms with Gasteiger partial charge in [-0.3, -0.25) is 9.59 Å². The first-order chi connectivity index (χ1) is 14.2. The van der Waals surface area contributed by atoms with Crippen LogP contribution < -0.4 is 10.1 Å². The molecule has 0 aromatic heterocycles. The fourth-order valence-electron chi connectivity index (χ4n) is 3.19. The average Bonchev–Trinajstić information content (AvgIpc) is 2.96. The van der Waals surface area contributed by atoms with Crippen molar-refractivity contribution < 1.29 is 23.9 Å². The first kappa shape index (κ1) is 23.5. The number of carbonyl (C=O) groups excluding carboxylic acids is 3. The molecule has 30 heavy (non-hydrogen) atoms. The van der Waals surface area contributed by atoms with Crippen molar-refractivity contribution in [2.75, 3.05) is 39.8 Å². The number of alkyl carbamates (subject to hydrolysis) is 1. The van der Waals surface area contributed by atoms with Gasteiger partial charge in [0, 0.05) is 32.6 Å². The van der Waals surface area contributed by atoms with Gasteiger partial charge in [0.15, 0.2) is 0 Å². The normalized spacial score (nSPS) is 14.7. The van der Waals surface area contributed by atoms with Crippen LogP contribution in [-0.2, 0) is 20.7 Å². The molecule has 0 spiro atoms. The summed E-state index contributed by atoms with van der Waals surface area (Å²) in [5.41, 5.74) is 0.478. The summed E-state index contributed by atoms with van der Waals surface area (Å²) in [4.78, 5) is 40.2. The molecule has 3 amide bonds. The Hall–Kier alpha value is -2.77. The van der Waals surface area contributed by atoms with Crippen LogP contribution in [0.15, 0.2) is 24.3 Å². The van der Waals surface area contributed by atoms with Crippen LogP contribution >= 0.6 is 0 Å². The van der Waals surface area contributed by atoms with E-state index in [1.165, 1.54) is 0 Å². The molecule has 8 heteroatoms. The molecule has 1 aliphatic heterocycles. The van der Waals surface area contributed by atoms with E-state index >= 15 is 0 Å². The number of nitrogens with one attached hydrogen (secondary N) is 1. The van der Waals surface area contributed by atoms with Crippen molar-refractivity contribution in [1.29, 1.82) is 0 Å². The lowest BCUT2D eigenvalue weighted by Gasteiger charge is -2.23. The molecule has 0 atom stereocenters. The van der Waals surface area contributed by atoms with Crippen LogP contribution in [0.25, 0.3) is 0 Å². The Balaban J connectivity index is 1.75. The number of benzene rings is 1. The van der Waals surface area contributed by atoms with E-state index in [0.717, 1.165) is 11.3 Å². The molecule has 1 aromatic carbocycles. The van der Waals surface area contributed by atoms with Crippen molar-refractivity contribution >= 4 is 17.9 Å². The van der Waals surface area contributed by atoms with Crippen LogP contribution in [-0.4, -0.2) is 73.1 Å². The summed E-state index contributed by atoms with van der Waals surface area (Å²) in [5.74, 6) is 0.712. The molecule has 2 rings (SSSR count). The number of carbonyl (C=O) groups is 3. The Kier molecular flexibility index (Phi) is 8.50. The minimum Gasteiger partial charge on any atom is -0.497 e. The Morgan fingerprint density at radius 1 is 0.967 bits per heavy atom. The molecular weight excluding hydrogens is 386 g/mol. The highest BCUT2D eigenvalue weighted by Gasteiger charge is 2.23. The largest absolute Gasteiger partial charge is 0.497 e. The number of amides is 3. The second-order valence-corrected chi connectivity index (χ2v) is 8.32. The van der Waals surface area contributed by atoms with Crippen molar-refractivity contribution in [3.05, 3.63) is 29.8 Å². The van der Waals surface area contributed by atoms with E-state index in [1.807, 2.05) is 29.2 Å². The number of hydrogen-bond donors (Lipinski definition) is 1. The first-order valence-corrected chi connectivity index (χ1v) is 10.3. The number of methoxy groups -OCH3 is 1. The number of rotatable bonds is 6. The lowest BCUT2D eigenvalue weighted by atomic mass is 10.1. The fraction of sp³-hybridized carbons (Fsp3) is 0.591. The van der Waals surface area contributed by atoms with Gasteiger partial charge in [-0.25, -0.2) is 4.79 Å². The third kappa shape index (κ3) is 7.93. The molecule has 0 radical (unpaired) electrons. The molecule has 1 aromatic rings. The Labute approximate surface area is 178 Å². The first-order valence-electron chi connectivity index (χ1n) is 10.3. The van der Waals surface area contributed by atoms with Gasteiger partial charge in [0.2, 0.25) is 11.8 Å². The van der Waals surface area contributed by atoms with Gasteiger partial charge in [-0.1, -0.05) is 12.1 Å². The minimum absolute atomic E-state index is 0.0898. The van der Waals surface area contributed by atoms with Crippen LogP contribution in [0, 0.1) is 0 Å². The molecule has 1 aliphatic rings. The van der Waals surface area contributed by atoms with E-state index in [-0.39, 0.29) is 18.4 Å². The number of hydrogen-bond acceptors (Lipinski definition) is 5. The summed E-state index contributed by atoms with van der Waals surface area (Å²) in [5, 5.41) is 2.50. The lowest BCUT2D eigenvalue weighted by Crippen LogP contribution is -2.43. The smallest absolute Gasteiger partial charge is 0.408 e. The summed E-state index contributed by atoms with van der Waals surface area (Å²) in [6.45, 7) is 7.35. The van der Waals surface area contributed by atoms with Gasteiger partial charge in [-0.05, 0) is 51.3 Å². The van der Waals surface area contributed by atoms with E-state index < -0.39 is 11.7 Å². The Morgan fingerprint density at radius 3 is 2.13 bits per heavy atom. The SMILES string of the molecule is COc1ccc(CCC(=O)N2CCCN(C(=O)CNC(=O)OC(C)(C)C)CC2)cc1. The molecular formula is C22H33N3O5. The van der Waals surface area contributed by atoms with Crippen LogP contribution in [0.5, 0.6) is 5.75 Å². The zero-order chi connectivity index (χ0) is 22.1. The van der Waals surface area contributed by atoms with Crippen molar-refractivity contribution in [1.82, 2.24) is 15.1 Å². The topological polar surface area (TPSA) is 88.2 Å². The highest BCUT2D eigenvalue weighted by atomic mass is 16.6. The van der Waals surface area contributed by atoms with Crippen LogP contribution in [0.4, 0.5) is 4.79 Å². The molecule has 1 N–H and O–H groups in total. The third-order valence-corrected chi connectivity index (χ3v) is 4.77. The van der Waals surface area contributed by atoms with E-state index in [1.54, 1.807) is 32.8 Å². The maximum atomic E-state index is 12.6. The van der Waals surface area contributed by atoms with Gasteiger partial charge >= 0.3 is 6.09 Å². The van der Waals surface area contributed by atoms with E-state index in [2.05, 4.69) is 5.32 Å². The average molecular weight is 420 g/mol. The van der Waals surface area contributed by atoms with Crippen LogP contribution in [0.1, 0.15) is 39.2 Å². The van der Waals surface area contributed by atoms with Gasteiger partial charge in [0.05, 0.1) is 7.11 Å². The molecule has 0 unspecified atom stereocenters. The molecule has 0 aliphatic carbocycles. The van der Waals surface area contributed by atoms with E-state index in [9.17, 15) is 14.4 Å². The zero-order valence-electron chi connectivity index (χ0n) is 18.4. The van der Waals surface area contributed by atoms with E-state index in [0.29, 0.717) is 45.4 Å². The Morgan fingerprint density at radius 2 is 1.57 bits per heavy atom. The number of ether oxygens (including phenoxy) is 2. The van der Waals surface area contributed by atoms with Gasteiger partial charge in [-0.2, -0.15) is 0 Å². The van der Waals surface area contributed by atoms with Gasteiger partial charge in [-0.15, -0.1) is 0 Å². The molecule has 1 fully saturated rings. The summed E-state index contributed by atoms with van der Waals surface area (Å²) in [6, 6.07) is 7.71. The lowest BCUT2D eigenvalue weighted by molar-refractivity contribution is -0.133. The summed E-state index contributed by atoms with van der Waals surface area (Å²) in [7, 11) is 1.62. The van der Waals surface area contributed by atoms with Crippen LogP contribution in [0.3, 0.4) is 0 Å². The van der Waals surface area contributed by atoms with Crippen molar-refractivity contribution in [3.63, 3.8) is 0 Å². The van der Waals surface area contributed by atoms with Crippen LogP contribution in [0.2, 0.25) is 0 Å². The standard InChI is InChI=1S/C22H33N3O5/c1-22(2,3)30-21(28)23-16-20(27)25-13-5-12-24(14-15-25)19(26)11-8-17-6-9-18(29-4)10-7-17/h6-7,9-10H,5,8,11-16H2,1-4H3,(H,23,28). The summed E-state index contributed by atoms with van der Waals surface area (Å²) < 4.78 is 10.3. The maximum absolute atomic E-state index is 12.6. The maximum Gasteiger partial charge on any atom is 0.408 e. The highest BCUT2D eigenvalue weighted by Crippen LogP contribution is 2.14. The number of nitrogens with zero attached hydrogens (tertiary/aromatic N) is 2. The zero-order valence-corrected chi connectivity index (χ0v) is 18.4. The van der Waals surface area contributed by atoms with Gasteiger partial charge in [0.1, 0.15) is 17.9 Å². The fourth-order valence-corrected chi connectivity index (χ4v) is 3.19. The molecule has 1 heterocycles. The van der Waals surface area contributed by atoms with Crippen molar-refractivity contribution in [3.8, 4) is 5.75 Å². The summed E-state index contributed by atoms with van der Waals surface area (Å²) >= 11 is 0. The molecule has 0 bridgehead atoms. The molecule has 8 nitrogen and oxygen atoms in total. The number of aryl methyl sites for hydroxylation is 1. The van der Waals surface area contributed by atoms with Gasteiger partial charge < -0.3 is 24.6 Å². The second-order valence-electron chi connectivity index (χ2n) is 8.32. The highest BCUT2D eigenvalue weighted by molar-refractivity contribution is 5.82. The second kappa shape index (κ2) is 10.8. The monoisotopic (exact) mass is 419 g/mol. The minimum atomic E-state index is -0.610. The quantitative estimate of drug-likeness (QED) is 0.764. The van der Waals surface area contributed by atoms with E-state index in [4.69, 9.17) is 9.47 Å². The summed E-state index contributed by atoms with van der Waals surface area (Å²) in [6.07, 6.45) is 1.20. The van der Waals surface area contributed by atoms with Crippen molar-refractivity contribution in [2.24, 2.45) is 0 Å². The molecule has 166 valence electrons. The molecule has 1 saturated heterocycles. The van der Waals surface area contributed by atoms with Gasteiger partial charge in [0.25, 0.3) is 0 Å². The molecule has 0 saturated carbocycles. The van der Waals surface area contributed by atoms with Crippen molar-refractivity contribution in [2.45, 2.75) is 45.6 Å². The Bertz CT molecular complexity index is 727. The predicted molar refractivity (Wildman–Crippen MR) is 113 cm³/mol.